The number of nitrogens with zero attached hydrogens (tertiary/aromatic N) is 1. The van der Waals surface area contributed by atoms with Crippen LogP contribution in [0.1, 0.15) is 30.5 Å². The first-order chi connectivity index (χ1) is 19.5. The fraction of sp³-hybridized carbons (Fsp3) is 0.105. The molecule has 0 bridgehead atoms. The van der Waals surface area contributed by atoms with Gasteiger partial charge in [-0.3, -0.25) is 0 Å². The predicted molar refractivity (Wildman–Crippen MR) is 168 cm³/mol. The van der Waals surface area contributed by atoms with Gasteiger partial charge in [-0.25, -0.2) is 0 Å². The van der Waals surface area contributed by atoms with Gasteiger partial charge in [-0.1, -0.05) is 105 Å². The maximum absolute atomic E-state index is 6.63. The molecule has 6 aromatic carbocycles. The molecule has 0 unspecified atom stereocenters. The van der Waals surface area contributed by atoms with E-state index < -0.39 is 0 Å². The van der Waals surface area contributed by atoms with Crippen LogP contribution in [0.5, 0.6) is 0 Å². The third-order valence-corrected chi connectivity index (χ3v) is 8.73. The molecule has 7 aromatic rings. The Balaban J connectivity index is 1.38. The van der Waals surface area contributed by atoms with E-state index in [2.05, 4.69) is 147 Å². The number of para-hydroxylation sites is 3. The zero-order valence-electron chi connectivity index (χ0n) is 22.9. The third kappa shape index (κ3) is 3.17. The van der Waals surface area contributed by atoms with Gasteiger partial charge in [0.1, 0.15) is 5.58 Å². The Kier molecular flexibility index (Phi) is 4.82. The number of anilines is 3. The van der Waals surface area contributed by atoms with Gasteiger partial charge in [-0.2, -0.15) is 0 Å². The highest BCUT2D eigenvalue weighted by Crippen LogP contribution is 2.53. The predicted octanol–water partition coefficient (Wildman–Crippen LogP) is 10.8. The minimum absolute atomic E-state index is 0.133. The van der Waals surface area contributed by atoms with Crippen molar-refractivity contribution in [1.82, 2.24) is 0 Å². The number of hydrogen-bond donors (Lipinski definition) is 0. The molecule has 0 spiro atoms. The van der Waals surface area contributed by atoms with Crippen LogP contribution in [0.3, 0.4) is 0 Å². The molecule has 1 aromatic heterocycles. The second-order valence-corrected chi connectivity index (χ2v) is 11.4. The van der Waals surface area contributed by atoms with Crippen molar-refractivity contribution in [3.63, 3.8) is 0 Å². The highest BCUT2D eigenvalue weighted by atomic mass is 16.3. The molecule has 40 heavy (non-hydrogen) atoms. The molecule has 0 fully saturated rings. The normalized spacial score (nSPS) is 13.6. The zero-order chi connectivity index (χ0) is 27.0. The van der Waals surface area contributed by atoms with Crippen molar-refractivity contribution in [1.29, 1.82) is 0 Å². The molecule has 1 heterocycles. The highest BCUT2D eigenvalue weighted by Gasteiger charge is 2.37. The average Bonchev–Trinajstić information content (AvgIpc) is 3.48. The molecule has 0 saturated carbocycles. The molecule has 2 heteroatoms. The summed E-state index contributed by atoms with van der Waals surface area (Å²) < 4.78 is 6.63. The molecule has 192 valence electrons. The number of fused-ring (bicyclic) bond motifs is 8. The summed E-state index contributed by atoms with van der Waals surface area (Å²) in [4.78, 5) is 2.34. The van der Waals surface area contributed by atoms with Crippen LogP contribution in [0.4, 0.5) is 17.1 Å². The van der Waals surface area contributed by atoms with Crippen molar-refractivity contribution < 1.29 is 4.42 Å². The molecule has 0 radical (unpaired) electrons. The number of hydrogen-bond acceptors (Lipinski definition) is 2. The summed E-state index contributed by atoms with van der Waals surface area (Å²) >= 11 is 0. The van der Waals surface area contributed by atoms with Gasteiger partial charge in [0.15, 0.2) is 5.58 Å². The topological polar surface area (TPSA) is 16.4 Å². The van der Waals surface area contributed by atoms with Crippen LogP contribution in [-0.4, -0.2) is 0 Å². The van der Waals surface area contributed by atoms with Crippen LogP contribution in [0.15, 0.2) is 126 Å². The smallest absolute Gasteiger partial charge is 0.159 e. The molecule has 1 aliphatic carbocycles. The number of rotatable bonds is 3. The fourth-order valence-corrected chi connectivity index (χ4v) is 6.85. The van der Waals surface area contributed by atoms with E-state index in [0.717, 1.165) is 44.6 Å². The lowest BCUT2D eigenvalue weighted by atomic mass is 9.80. The molecule has 0 N–H and O–H groups in total. The lowest BCUT2D eigenvalue weighted by Crippen LogP contribution is -2.17. The standard InChI is InChI=1S/C38H29NO/c1-24-11-9-16-31-32-17-10-18-34(37(32)40-36(24)31)39(26-13-5-4-6-14-26)27-20-22-29-30-21-19-25-12-7-8-15-28(25)35(30)38(2,3)33(29)23-27/h4-23H,1-3H3. The maximum Gasteiger partial charge on any atom is 0.159 e. The summed E-state index contributed by atoms with van der Waals surface area (Å²) in [5, 5.41) is 4.92. The Bertz CT molecular complexity index is 2100. The molecular formula is C38H29NO. The van der Waals surface area contributed by atoms with E-state index in [-0.39, 0.29) is 5.41 Å². The van der Waals surface area contributed by atoms with Crippen LogP contribution in [0.25, 0.3) is 43.8 Å². The molecule has 0 saturated heterocycles. The van der Waals surface area contributed by atoms with Gasteiger partial charge in [0.25, 0.3) is 0 Å². The second-order valence-electron chi connectivity index (χ2n) is 11.4. The lowest BCUT2D eigenvalue weighted by Gasteiger charge is -2.28. The van der Waals surface area contributed by atoms with Crippen molar-refractivity contribution in [2.75, 3.05) is 4.90 Å². The van der Waals surface area contributed by atoms with Crippen molar-refractivity contribution >= 4 is 49.8 Å². The van der Waals surface area contributed by atoms with Gasteiger partial charge in [-0.15, -0.1) is 0 Å². The first-order valence-electron chi connectivity index (χ1n) is 14.0. The van der Waals surface area contributed by atoms with Gasteiger partial charge in [0.05, 0.1) is 5.69 Å². The summed E-state index contributed by atoms with van der Waals surface area (Å²) in [7, 11) is 0. The Morgan fingerprint density at radius 1 is 0.575 bits per heavy atom. The molecule has 2 nitrogen and oxygen atoms in total. The average molecular weight is 516 g/mol. The first kappa shape index (κ1) is 23.1. The van der Waals surface area contributed by atoms with E-state index in [0.29, 0.717) is 0 Å². The minimum Gasteiger partial charge on any atom is -0.454 e. The number of aryl methyl sites for hydroxylation is 1. The summed E-state index contributed by atoms with van der Waals surface area (Å²) in [6, 6.07) is 43.8. The molecule has 1 aliphatic rings. The monoisotopic (exact) mass is 515 g/mol. The van der Waals surface area contributed by atoms with Crippen LogP contribution in [0, 0.1) is 6.92 Å². The minimum atomic E-state index is -0.133. The van der Waals surface area contributed by atoms with Gasteiger partial charge < -0.3 is 9.32 Å². The number of furan rings is 1. The SMILES string of the molecule is Cc1cccc2c1oc1c(N(c3ccccc3)c3ccc4c(c3)C(C)(C)c3c-4ccc4ccccc34)cccc12. The van der Waals surface area contributed by atoms with Crippen molar-refractivity contribution in [2.24, 2.45) is 0 Å². The third-order valence-electron chi connectivity index (χ3n) is 8.73. The van der Waals surface area contributed by atoms with E-state index in [1.165, 1.54) is 33.0 Å². The van der Waals surface area contributed by atoms with Crippen molar-refractivity contribution in [2.45, 2.75) is 26.2 Å². The summed E-state index contributed by atoms with van der Waals surface area (Å²) in [6.07, 6.45) is 0. The van der Waals surface area contributed by atoms with E-state index in [1.807, 2.05) is 0 Å². The number of benzene rings is 6. The Labute approximate surface area is 234 Å². The zero-order valence-corrected chi connectivity index (χ0v) is 22.9. The van der Waals surface area contributed by atoms with Crippen LogP contribution in [0.2, 0.25) is 0 Å². The summed E-state index contributed by atoms with van der Waals surface area (Å²) in [5.74, 6) is 0. The Morgan fingerprint density at radius 3 is 2.12 bits per heavy atom. The summed E-state index contributed by atoms with van der Waals surface area (Å²) in [6.45, 7) is 6.84. The van der Waals surface area contributed by atoms with Crippen LogP contribution in [-0.2, 0) is 5.41 Å². The van der Waals surface area contributed by atoms with Gasteiger partial charge in [-0.05, 0) is 75.8 Å². The largest absolute Gasteiger partial charge is 0.454 e. The maximum atomic E-state index is 6.63. The van der Waals surface area contributed by atoms with Gasteiger partial charge in [0.2, 0.25) is 0 Å². The molecular weight excluding hydrogens is 486 g/mol. The van der Waals surface area contributed by atoms with Crippen LogP contribution >= 0.6 is 0 Å². The summed E-state index contributed by atoms with van der Waals surface area (Å²) in [5.41, 5.74) is 11.6. The lowest BCUT2D eigenvalue weighted by molar-refractivity contribution is 0.665. The molecule has 0 aliphatic heterocycles. The highest BCUT2D eigenvalue weighted by molar-refractivity contribution is 6.11. The first-order valence-corrected chi connectivity index (χ1v) is 14.0. The van der Waals surface area contributed by atoms with E-state index in [1.54, 1.807) is 0 Å². The molecule has 8 rings (SSSR count). The molecule has 0 amide bonds. The van der Waals surface area contributed by atoms with E-state index >= 15 is 0 Å². The Hall–Kier alpha value is -4.82. The second kappa shape index (κ2) is 8.34. The van der Waals surface area contributed by atoms with Gasteiger partial charge >= 0.3 is 0 Å². The van der Waals surface area contributed by atoms with Crippen LogP contribution < -0.4 is 4.90 Å². The quantitative estimate of drug-likeness (QED) is 0.233. The fourth-order valence-electron chi connectivity index (χ4n) is 6.85. The van der Waals surface area contributed by atoms with Crippen molar-refractivity contribution in [3.05, 3.63) is 138 Å². The van der Waals surface area contributed by atoms with E-state index in [4.69, 9.17) is 4.42 Å². The Morgan fingerprint density at radius 2 is 1.27 bits per heavy atom. The van der Waals surface area contributed by atoms with Crippen molar-refractivity contribution in [3.8, 4) is 11.1 Å². The van der Waals surface area contributed by atoms with Gasteiger partial charge in [0, 0.05) is 27.6 Å². The molecule has 0 atom stereocenters. The van der Waals surface area contributed by atoms with E-state index in [9.17, 15) is 0 Å².